The molecular weight excluding hydrogens is 228 g/mol. The van der Waals surface area contributed by atoms with E-state index in [1.165, 1.54) is 4.31 Å². The Morgan fingerprint density at radius 2 is 2.12 bits per heavy atom. The molecule has 0 aromatic carbocycles. The van der Waals surface area contributed by atoms with Crippen molar-refractivity contribution in [3.63, 3.8) is 0 Å². The largest absolute Gasteiger partial charge is 0.351 e. The molecule has 0 spiro atoms. The van der Waals surface area contributed by atoms with Crippen molar-refractivity contribution in [2.75, 3.05) is 19.3 Å². The highest BCUT2D eigenvalue weighted by Gasteiger charge is 2.24. The van der Waals surface area contributed by atoms with Crippen LogP contribution in [-0.2, 0) is 14.8 Å². The molecule has 0 heterocycles. The van der Waals surface area contributed by atoms with E-state index in [1.807, 2.05) is 6.92 Å². The fourth-order valence-corrected chi connectivity index (χ4v) is 2.34. The average molecular weight is 248 g/mol. The van der Waals surface area contributed by atoms with Crippen molar-refractivity contribution in [2.24, 2.45) is 0 Å². The smallest absolute Gasteiger partial charge is 0.235 e. The van der Waals surface area contributed by atoms with Gasteiger partial charge in [-0.2, -0.15) is 4.31 Å². The third kappa shape index (κ3) is 5.27. The lowest BCUT2D eigenvalue weighted by Gasteiger charge is -2.25. The van der Waals surface area contributed by atoms with Crippen LogP contribution in [0.15, 0.2) is 12.7 Å². The number of hydrogen-bond acceptors (Lipinski definition) is 3. The molecule has 0 bridgehead atoms. The molecule has 0 radical (unpaired) electrons. The Bertz CT molecular complexity index is 338. The zero-order valence-corrected chi connectivity index (χ0v) is 10.9. The van der Waals surface area contributed by atoms with E-state index in [2.05, 4.69) is 11.9 Å². The minimum Gasteiger partial charge on any atom is -0.351 e. The second-order valence-corrected chi connectivity index (χ2v) is 5.59. The molecule has 0 rings (SSSR count). The molecule has 0 aromatic heterocycles. The molecule has 1 atom stereocenters. The van der Waals surface area contributed by atoms with Crippen LogP contribution in [-0.4, -0.2) is 44.0 Å². The lowest BCUT2D eigenvalue weighted by Crippen LogP contribution is -2.44. The van der Waals surface area contributed by atoms with E-state index in [4.69, 9.17) is 0 Å². The van der Waals surface area contributed by atoms with Gasteiger partial charge in [0.1, 0.15) is 0 Å². The highest BCUT2D eigenvalue weighted by molar-refractivity contribution is 7.88. The Kier molecular flexibility index (Phi) is 6.28. The molecule has 0 fully saturated rings. The number of nitrogens with one attached hydrogen (secondary N) is 1. The number of carbonyl (C=O) groups is 1. The first-order valence-electron chi connectivity index (χ1n) is 5.17. The van der Waals surface area contributed by atoms with Crippen LogP contribution < -0.4 is 5.32 Å². The van der Waals surface area contributed by atoms with Gasteiger partial charge in [0, 0.05) is 12.6 Å². The molecule has 0 aromatic rings. The average Bonchev–Trinajstić information content (AvgIpc) is 2.20. The summed E-state index contributed by atoms with van der Waals surface area (Å²) >= 11 is 0. The van der Waals surface area contributed by atoms with E-state index in [0.717, 1.165) is 6.26 Å². The molecule has 1 N–H and O–H groups in total. The number of hydrogen-bond donors (Lipinski definition) is 1. The van der Waals surface area contributed by atoms with E-state index < -0.39 is 10.0 Å². The van der Waals surface area contributed by atoms with E-state index in [1.54, 1.807) is 13.0 Å². The maximum absolute atomic E-state index is 11.5. The van der Waals surface area contributed by atoms with Crippen LogP contribution in [0.4, 0.5) is 0 Å². The third-order valence-electron chi connectivity index (χ3n) is 2.25. The maximum atomic E-state index is 11.5. The van der Waals surface area contributed by atoms with Gasteiger partial charge in [-0.1, -0.05) is 13.0 Å². The normalized spacial score (nSPS) is 13.5. The Labute approximate surface area is 97.6 Å². The van der Waals surface area contributed by atoms with Gasteiger partial charge in [-0.25, -0.2) is 8.42 Å². The minimum atomic E-state index is -3.35. The van der Waals surface area contributed by atoms with Crippen LogP contribution in [0, 0.1) is 0 Å². The van der Waals surface area contributed by atoms with Crippen molar-refractivity contribution in [1.29, 1.82) is 0 Å². The van der Waals surface area contributed by atoms with Gasteiger partial charge in [-0.15, -0.1) is 6.58 Å². The fraction of sp³-hybridized carbons (Fsp3) is 0.700. The number of carbonyl (C=O) groups excluding carboxylic acids is 1. The highest BCUT2D eigenvalue weighted by Crippen LogP contribution is 2.07. The maximum Gasteiger partial charge on any atom is 0.235 e. The fourth-order valence-electron chi connectivity index (χ4n) is 1.19. The predicted octanol–water partition coefficient (Wildman–Crippen LogP) is 0.349. The predicted molar refractivity (Wildman–Crippen MR) is 64.5 cm³/mol. The van der Waals surface area contributed by atoms with E-state index >= 15 is 0 Å². The summed E-state index contributed by atoms with van der Waals surface area (Å²) in [5.41, 5.74) is 0. The summed E-state index contributed by atoms with van der Waals surface area (Å²) < 4.78 is 24.1. The molecule has 94 valence electrons. The number of sulfonamides is 1. The van der Waals surface area contributed by atoms with Crippen molar-refractivity contribution in [3.8, 4) is 0 Å². The van der Waals surface area contributed by atoms with Crippen molar-refractivity contribution < 1.29 is 13.2 Å². The molecule has 6 heteroatoms. The van der Waals surface area contributed by atoms with E-state index in [0.29, 0.717) is 13.0 Å². The van der Waals surface area contributed by atoms with Gasteiger partial charge in [0.2, 0.25) is 15.9 Å². The summed E-state index contributed by atoms with van der Waals surface area (Å²) in [5.74, 6) is -0.314. The third-order valence-corrected chi connectivity index (χ3v) is 3.59. The molecule has 5 nitrogen and oxygen atoms in total. The SMILES string of the molecule is C=CCNC(=O)CN(C(C)CC)S(C)(=O)=O. The van der Waals surface area contributed by atoms with Gasteiger partial charge >= 0.3 is 0 Å². The summed E-state index contributed by atoms with van der Waals surface area (Å²) in [6.45, 7) is 7.33. The van der Waals surface area contributed by atoms with Gasteiger partial charge in [0.15, 0.2) is 0 Å². The van der Waals surface area contributed by atoms with Crippen LogP contribution in [0.2, 0.25) is 0 Å². The van der Waals surface area contributed by atoms with Gasteiger partial charge < -0.3 is 5.32 Å². The van der Waals surface area contributed by atoms with Crippen LogP contribution >= 0.6 is 0 Å². The number of nitrogens with zero attached hydrogens (tertiary/aromatic N) is 1. The monoisotopic (exact) mass is 248 g/mol. The summed E-state index contributed by atoms with van der Waals surface area (Å²) in [6, 6.07) is -0.176. The topological polar surface area (TPSA) is 66.5 Å². The molecule has 1 unspecified atom stereocenters. The van der Waals surface area contributed by atoms with Gasteiger partial charge in [-0.05, 0) is 13.3 Å². The molecular formula is C10H20N2O3S. The van der Waals surface area contributed by atoms with Gasteiger partial charge in [-0.3, -0.25) is 4.79 Å². The van der Waals surface area contributed by atoms with E-state index in [-0.39, 0.29) is 18.5 Å². The first kappa shape index (κ1) is 15.1. The molecule has 16 heavy (non-hydrogen) atoms. The highest BCUT2D eigenvalue weighted by atomic mass is 32.2. The van der Waals surface area contributed by atoms with Crippen molar-refractivity contribution in [1.82, 2.24) is 9.62 Å². The summed E-state index contributed by atoms with van der Waals surface area (Å²) in [7, 11) is -3.35. The molecule has 0 saturated carbocycles. The quantitative estimate of drug-likeness (QED) is 0.661. The molecule has 1 amide bonds. The Balaban J connectivity index is 4.56. The van der Waals surface area contributed by atoms with Crippen molar-refractivity contribution in [3.05, 3.63) is 12.7 Å². The number of amides is 1. The van der Waals surface area contributed by atoms with Crippen LogP contribution in [0.25, 0.3) is 0 Å². The van der Waals surface area contributed by atoms with Crippen LogP contribution in [0.5, 0.6) is 0 Å². The van der Waals surface area contributed by atoms with Crippen LogP contribution in [0.3, 0.4) is 0 Å². The first-order chi connectivity index (χ1) is 7.32. The van der Waals surface area contributed by atoms with Gasteiger partial charge in [0.05, 0.1) is 12.8 Å². The standard InChI is InChI=1S/C10H20N2O3S/c1-5-7-11-10(13)8-12(9(3)6-2)16(4,14)15/h5,9H,1,6-8H2,2-4H3,(H,11,13). The molecule has 0 aliphatic rings. The second-order valence-electron chi connectivity index (χ2n) is 3.66. The molecule has 0 saturated heterocycles. The molecule has 0 aliphatic carbocycles. The lowest BCUT2D eigenvalue weighted by atomic mass is 10.2. The first-order valence-corrected chi connectivity index (χ1v) is 7.02. The lowest BCUT2D eigenvalue weighted by molar-refractivity contribution is -0.121. The zero-order valence-electron chi connectivity index (χ0n) is 10.1. The summed E-state index contributed by atoms with van der Waals surface area (Å²) in [6.07, 6.45) is 3.33. The second kappa shape index (κ2) is 6.65. The molecule has 0 aliphatic heterocycles. The number of rotatable bonds is 7. The van der Waals surface area contributed by atoms with Crippen molar-refractivity contribution >= 4 is 15.9 Å². The summed E-state index contributed by atoms with van der Waals surface area (Å²) in [4.78, 5) is 11.4. The van der Waals surface area contributed by atoms with Crippen molar-refractivity contribution in [2.45, 2.75) is 26.3 Å². The van der Waals surface area contributed by atoms with Gasteiger partial charge in [0.25, 0.3) is 0 Å². The summed E-state index contributed by atoms with van der Waals surface area (Å²) in [5, 5.41) is 2.55. The van der Waals surface area contributed by atoms with E-state index in [9.17, 15) is 13.2 Å². The Hall–Kier alpha value is -0.880. The Morgan fingerprint density at radius 1 is 1.56 bits per heavy atom. The zero-order chi connectivity index (χ0) is 12.8. The minimum absolute atomic E-state index is 0.137. The Morgan fingerprint density at radius 3 is 2.50 bits per heavy atom. The van der Waals surface area contributed by atoms with Crippen LogP contribution in [0.1, 0.15) is 20.3 Å².